The summed E-state index contributed by atoms with van der Waals surface area (Å²) >= 11 is -2.29. The SMILES string of the molecule is CC(C)C1=CC[C]([Zr](=[C](c2ccccc2)c2ccccc2)[CH]2C=CC3=C2CCCC3)=C1. The first-order valence-electron chi connectivity index (χ1n) is 11.9. The summed E-state index contributed by atoms with van der Waals surface area (Å²) in [5, 5.41) is 0. The molecule has 0 N–H and O–H groups in total. The van der Waals surface area contributed by atoms with Crippen LogP contribution in [0.15, 0.2) is 105 Å². The van der Waals surface area contributed by atoms with Gasteiger partial charge in [-0.15, -0.1) is 0 Å². The molecule has 0 saturated heterocycles. The zero-order valence-electron chi connectivity index (χ0n) is 18.8. The van der Waals surface area contributed by atoms with Gasteiger partial charge in [0.25, 0.3) is 0 Å². The Balaban J connectivity index is 1.76. The van der Waals surface area contributed by atoms with Crippen LogP contribution in [0.3, 0.4) is 0 Å². The monoisotopic (exact) mass is 482 g/mol. The van der Waals surface area contributed by atoms with Gasteiger partial charge in [0.1, 0.15) is 0 Å². The quantitative estimate of drug-likeness (QED) is 0.404. The Bertz CT molecular complexity index is 1070. The first kappa shape index (κ1) is 21.0. The average Bonchev–Trinajstić information content (AvgIpc) is 3.47. The van der Waals surface area contributed by atoms with Crippen LogP contribution < -0.4 is 0 Å². The normalized spacial score (nSPS) is 20.0. The van der Waals surface area contributed by atoms with Crippen LogP contribution in [0.1, 0.15) is 57.1 Å². The van der Waals surface area contributed by atoms with Crippen molar-refractivity contribution < 1.29 is 21.3 Å². The first-order valence-corrected chi connectivity index (χ1v) is 15.8. The minimum absolute atomic E-state index is 0.614. The first-order chi connectivity index (χ1) is 15.2. The van der Waals surface area contributed by atoms with E-state index in [1.807, 2.05) is 0 Å². The average molecular weight is 484 g/mol. The Hall–Kier alpha value is -1.85. The van der Waals surface area contributed by atoms with Gasteiger partial charge in [0.2, 0.25) is 0 Å². The van der Waals surface area contributed by atoms with Crippen molar-refractivity contribution in [3.05, 3.63) is 116 Å². The second-order valence-electron chi connectivity index (χ2n) is 9.35. The van der Waals surface area contributed by atoms with Crippen LogP contribution >= 0.6 is 0 Å². The molecule has 5 rings (SSSR count). The molecular weight excluding hydrogens is 452 g/mol. The Morgan fingerprint density at radius 2 is 1.52 bits per heavy atom. The molecule has 0 saturated carbocycles. The van der Waals surface area contributed by atoms with Crippen molar-refractivity contribution in [1.29, 1.82) is 0 Å². The van der Waals surface area contributed by atoms with Crippen molar-refractivity contribution >= 4 is 3.21 Å². The van der Waals surface area contributed by atoms with Gasteiger partial charge >= 0.3 is 196 Å². The molecule has 1 unspecified atom stereocenters. The molecule has 0 aromatic heterocycles. The summed E-state index contributed by atoms with van der Waals surface area (Å²) < 4.78 is 4.14. The van der Waals surface area contributed by atoms with E-state index in [1.165, 1.54) is 43.2 Å². The summed E-state index contributed by atoms with van der Waals surface area (Å²) in [4.78, 5) is 0. The summed E-state index contributed by atoms with van der Waals surface area (Å²) in [6, 6.07) is 22.6. The van der Waals surface area contributed by atoms with E-state index in [4.69, 9.17) is 0 Å². The van der Waals surface area contributed by atoms with E-state index in [2.05, 4.69) is 98.8 Å². The van der Waals surface area contributed by atoms with Gasteiger partial charge in [0.15, 0.2) is 0 Å². The molecule has 3 aliphatic carbocycles. The number of benzene rings is 2. The van der Waals surface area contributed by atoms with Gasteiger partial charge in [-0.25, -0.2) is 0 Å². The van der Waals surface area contributed by atoms with Crippen molar-refractivity contribution in [2.24, 2.45) is 5.92 Å². The van der Waals surface area contributed by atoms with Gasteiger partial charge < -0.3 is 0 Å². The Morgan fingerprint density at radius 3 is 2.13 bits per heavy atom. The third-order valence-corrected chi connectivity index (χ3v) is 15.2. The Morgan fingerprint density at radius 1 is 0.871 bits per heavy atom. The van der Waals surface area contributed by atoms with E-state index < -0.39 is 21.3 Å². The van der Waals surface area contributed by atoms with E-state index >= 15 is 0 Å². The summed E-state index contributed by atoms with van der Waals surface area (Å²) in [5.41, 5.74) is 7.91. The molecule has 0 heterocycles. The molecule has 0 radical (unpaired) electrons. The van der Waals surface area contributed by atoms with E-state index in [1.54, 1.807) is 23.2 Å². The molecule has 0 amide bonds. The Labute approximate surface area is 195 Å². The van der Waals surface area contributed by atoms with Gasteiger partial charge in [-0.3, -0.25) is 0 Å². The molecule has 31 heavy (non-hydrogen) atoms. The van der Waals surface area contributed by atoms with Crippen molar-refractivity contribution in [3.63, 3.8) is 0 Å². The van der Waals surface area contributed by atoms with Gasteiger partial charge in [0.05, 0.1) is 0 Å². The topological polar surface area (TPSA) is 0 Å². The summed E-state index contributed by atoms with van der Waals surface area (Å²) in [5.74, 6) is 0.614. The minimum atomic E-state index is -2.29. The molecule has 156 valence electrons. The molecule has 0 nitrogen and oxygen atoms in total. The molecular formula is C30H32Zr. The van der Waals surface area contributed by atoms with Gasteiger partial charge in [0, 0.05) is 0 Å². The molecule has 3 aliphatic rings. The summed E-state index contributed by atoms with van der Waals surface area (Å²) in [6.45, 7) is 4.68. The predicted octanol–water partition coefficient (Wildman–Crippen LogP) is 7.97. The molecule has 0 fully saturated rings. The number of hydrogen-bond donors (Lipinski definition) is 0. The molecule has 2 aromatic rings. The molecule has 1 atom stereocenters. The summed E-state index contributed by atoms with van der Waals surface area (Å²) in [7, 11) is 0. The second-order valence-corrected chi connectivity index (χ2v) is 15.7. The maximum atomic E-state index is 2.62. The van der Waals surface area contributed by atoms with Crippen molar-refractivity contribution in [2.75, 3.05) is 0 Å². The van der Waals surface area contributed by atoms with Gasteiger partial charge in [-0.1, -0.05) is 0 Å². The van der Waals surface area contributed by atoms with Crippen LogP contribution in [0.4, 0.5) is 0 Å². The third kappa shape index (κ3) is 4.27. The fourth-order valence-corrected chi connectivity index (χ4v) is 14.3. The van der Waals surface area contributed by atoms with Crippen LogP contribution in [-0.4, -0.2) is 3.21 Å². The molecule has 0 aliphatic heterocycles. The zero-order chi connectivity index (χ0) is 21.2. The van der Waals surface area contributed by atoms with Crippen LogP contribution in [0.2, 0.25) is 3.63 Å². The van der Waals surface area contributed by atoms with Crippen LogP contribution in [0.25, 0.3) is 0 Å². The van der Waals surface area contributed by atoms with Crippen molar-refractivity contribution in [1.82, 2.24) is 0 Å². The van der Waals surface area contributed by atoms with E-state index in [0.717, 1.165) is 0 Å². The zero-order valence-corrected chi connectivity index (χ0v) is 21.2. The van der Waals surface area contributed by atoms with Crippen LogP contribution in [0, 0.1) is 5.92 Å². The van der Waals surface area contributed by atoms with Crippen molar-refractivity contribution in [2.45, 2.75) is 49.6 Å². The Kier molecular flexibility index (Phi) is 6.33. The van der Waals surface area contributed by atoms with Crippen LogP contribution in [0.5, 0.6) is 0 Å². The fraction of sp³-hybridized carbons (Fsp3) is 0.300. The number of allylic oxidation sites excluding steroid dienone is 8. The molecule has 1 heteroatoms. The second kappa shape index (κ2) is 9.34. The van der Waals surface area contributed by atoms with Crippen molar-refractivity contribution in [3.8, 4) is 0 Å². The van der Waals surface area contributed by atoms with Gasteiger partial charge in [-0.05, 0) is 0 Å². The number of hydrogen-bond acceptors (Lipinski definition) is 0. The number of rotatable bonds is 5. The van der Waals surface area contributed by atoms with E-state index in [-0.39, 0.29) is 0 Å². The van der Waals surface area contributed by atoms with E-state index in [0.29, 0.717) is 9.54 Å². The van der Waals surface area contributed by atoms with Crippen LogP contribution in [-0.2, 0) is 21.3 Å². The van der Waals surface area contributed by atoms with E-state index in [9.17, 15) is 0 Å². The predicted molar refractivity (Wildman–Crippen MR) is 130 cm³/mol. The van der Waals surface area contributed by atoms with Gasteiger partial charge in [-0.2, -0.15) is 0 Å². The summed E-state index contributed by atoms with van der Waals surface area (Å²) in [6.07, 6.45) is 16.7. The molecule has 2 aromatic carbocycles. The maximum absolute atomic E-state index is 2.62. The fourth-order valence-electron chi connectivity index (χ4n) is 5.44. The molecule has 0 spiro atoms. The standard InChI is InChI=1S/C13H10.C9H11.C8H11.Zr/c1-3-7-12(8-4-1)11-13-9-5-2-6-10-13;1-2-5-9-7-3-6-8(9)4-1;1-7(2)8-5-3-4-6-8;/h1-10H;3,6-7H,1-2,4-5H2;5-7H,3H2,1-2H3;. The molecule has 0 bridgehead atoms. The third-order valence-electron chi connectivity index (χ3n) is 7.04.